The molecule has 1 aliphatic rings. The van der Waals surface area contributed by atoms with Gasteiger partial charge >= 0.3 is 0 Å². The Bertz CT molecular complexity index is 1750. The largest absolute Gasteiger partial charge is 0.422 e. The lowest BCUT2D eigenvalue weighted by Crippen LogP contribution is -2.47. The number of carbonyl (C=O) groups is 1. The standard InChI is InChI=1S/C26H30N6O7S3/c1-31-8-10-32(11-9-31)26(33)19-5-3-4-17(14-19)18-6-7-20-21(15-18)40-25(28-20)23(42(36,37)13-12-38-2)24-30-29-22(39-24)16-27-41(34)35/h3-7,14-15,23,41H,8-13,16H2,1-2H3,(H,27,34,35). The summed E-state index contributed by atoms with van der Waals surface area (Å²) in [7, 11) is -3.36. The molecule has 0 radical (unpaired) electrons. The van der Waals surface area contributed by atoms with Crippen LogP contribution in [-0.2, 0) is 32.0 Å². The van der Waals surface area contributed by atoms with E-state index in [-0.39, 0.29) is 41.6 Å². The first kappa shape index (κ1) is 30.2. The number of thiazole rings is 1. The second kappa shape index (κ2) is 12.9. The van der Waals surface area contributed by atoms with Crippen molar-refractivity contribution in [3.05, 3.63) is 64.8 Å². The van der Waals surface area contributed by atoms with Crippen LogP contribution in [0.1, 0.15) is 32.4 Å². The van der Waals surface area contributed by atoms with Gasteiger partial charge in [0.1, 0.15) is 5.01 Å². The van der Waals surface area contributed by atoms with E-state index in [2.05, 4.69) is 24.8 Å². The van der Waals surface area contributed by atoms with Gasteiger partial charge in [0.2, 0.25) is 22.7 Å². The van der Waals surface area contributed by atoms with Crippen molar-refractivity contribution in [3.8, 4) is 11.1 Å². The summed E-state index contributed by atoms with van der Waals surface area (Å²) in [5, 5.41) is 6.57. The molecule has 1 atom stereocenters. The molecule has 2 aromatic carbocycles. The summed E-state index contributed by atoms with van der Waals surface area (Å²) in [6.45, 7) is 2.72. The van der Waals surface area contributed by atoms with Crippen LogP contribution in [0.2, 0.25) is 0 Å². The van der Waals surface area contributed by atoms with Gasteiger partial charge in [-0.3, -0.25) is 4.79 Å². The SMILES string of the molecule is COCCS(=O)(=O)C(c1nnc(CN[SH](=O)=O)o1)c1nc2ccc(-c3cccc(C(=O)N4CCN(C)CC4)c3)cc2s1. The molecule has 42 heavy (non-hydrogen) atoms. The number of nitrogens with one attached hydrogen (secondary N) is 1. The molecule has 224 valence electrons. The molecular weight excluding hydrogens is 605 g/mol. The topological polar surface area (TPSA) is 165 Å². The van der Waals surface area contributed by atoms with Crippen LogP contribution in [0.5, 0.6) is 0 Å². The number of aromatic nitrogens is 3. The molecule has 1 N–H and O–H groups in total. The molecule has 3 heterocycles. The number of likely N-dealkylation sites (N-methyl/N-ethyl adjacent to an activating group) is 1. The zero-order valence-corrected chi connectivity index (χ0v) is 25.5. The van der Waals surface area contributed by atoms with Gasteiger partial charge in [0.15, 0.2) is 15.1 Å². The van der Waals surface area contributed by atoms with Crippen molar-refractivity contribution in [3.63, 3.8) is 0 Å². The first-order valence-corrected chi connectivity index (χ1v) is 16.7. The Balaban J connectivity index is 1.46. The molecule has 0 bridgehead atoms. The average molecular weight is 635 g/mol. The van der Waals surface area contributed by atoms with E-state index in [4.69, 9.17) is 9.15 Å². The van der Waals surface area contributed by atoms with Gasteiger partial charge in [0.05, 0.1) is 29.1 Å². The zero-order valence-electron chi connectivity index (χ0n) is 22.9. The molecule has 5 rings (SSSR count). The maximum atomic E-state index is 13.4. The van der Waals surface area contributed by atoms with E-state index in [9.17, 15) is 21.6 Å². The number of sulfone groups is 1. The van der Waals surface area contributed by atoms with Gasteiger partial charge < -0.3 is 19.0 Å². The molecule has 4 aromatic rings. The fourth-order valence-corrected chi connectivity index (χ4v) is 7.79. The Kier molecular flexibility index (Phi) is 9.29. The molecule has 0 aliphatic carbocycles. The molecular formula is C26H30N6O7S3. The van der Waals surface area contributed by atoms with Crippen molar-refractivity contribution in [1.29, 1.82) is 0 Å². The summed E-state index contributed by atoms with van der Waals surface area (Å²) >= 11 is 1.18. The molecule has 13 nitrogen and oxygen atoms in total. The number of hydrogen-bond acceptors (Lipinski definition) is 12. The smallest absolute Gasteiger partial charge is 0.253 e. The third-order valence-electron chi connectivity index (χ3n) is 6.86. The minimum absolute atomic E-state index is 0.00791. The van der Waals surface area contributed by atoms with Crippen molar-refractivity contribution in [2.45, 2.75) is 11.8 Å². The Morgan fingerprint density at radius 2 is 1.88 bits per heavy atom. The van der Waals surface area contributed by atoms with Crippen LogP contribution in [0.25, 0.3) is 21.3 Å². The molecule has 1 aliphatic heterocycles. The van der Waals surface area contributed by atoms with E-state index in [1.807, 2.05) is 48.3 Å². The van der Waals surface area contributed by atoms with E-state index >= 15 is 0 Å². The molecule has 1 saturated heterocycles. The number of benzene rings is 2. The Morgan fingerprint density at radius 1 is 1.12 bits per heavy atom. The van der Waals surface area contributed by atoms with Gasteiger partial charge in [-0.2, -0.15) is 0 Å². The summed E-state index contributed by atoms with van der Waals surface area (Å²) in [5.74, 6) is -0.610. The van der Waals surface area contributed by atoms with Crippen LogP contribution in [0.3, 0.4) is 0 Å². The second-order valence-corrected chi connectivity index (χ2v) is 13.9. The zero-order chi connectivity index (χ0) is 29.9. The summed E-state index contributed by atoms with van der Waals surface area (Å²) in [6.07, 6.45) is 0. The maximum Gasteiger partial charge on any atom is 0.253 e. The van der Waals surface area contributed by atoms with Crippen molar-refractivity contribution in [2.24, 2.45) is 0 Å². The number of rotatable bonds is 11. The highest BCUT2D eigenvalue weighted by atomic mass is 32.2. The monoisotopic (exact) mass is 634 g/mol. The fraction of sp³-hybridized carbons (Fsp3) is 0.385. The second-order valence-electron chi connectivity index (χ2n) is 9.78. The van der Waals surface area contributed by atoms with Gasteiger partial charge in [-0.25, -0.2) is 26.5 Å². The van der Waals surface area contributed by atoms with E-state index in [0.717, 1.165) is 28.9 Å². The summed E-state index contributed by atoms with van der Waals surface area (Å²) in [6, 6.07) is 13.0. The fourth-order valence-electron chi connectivity index (χ4n) is 4.56. The summed E-state index contributed by atoms with van der Waals surface area (Å²) in [4.78, 5) is 21.8. The number of nitrogens with zero attached hydrogens (tertiary/aromatic N) is 5. The van der Waals surface area contributed by atoms with Crippen LogP contribution < -0.4 is 4.72 Å². The summed E-state index contributed by atoms with van der Waals surface area (Å²) in [5.41, 5.74) is 2.89. The predicted molar refractivity (Wildman–Crippen MR) is 157 cm³/mol. The molecule has 1 fully saturated rings. The van der Waals surface area contributed by atoms with Crippen molar-refractivity contribution >= 4 is 48.2 Å². The van der Waals surface area contributed by atoms with Crippen LogP contribution in [0.4, 0.5) is 0 Å². The van der Waals surface area contributed by atoms with E-state index in [1.165, 1.54) is 18.4 Å². The summed E-state index contributed by atoms with van der Waals surface area (Å²) < 4.78 is 62.0. The van der Waals surface area contributed by atoms with Gasteiger partial charge in [0, 0.05) is 38.9 Å². The third-order valence-corrected chi connectivity index (χ3v) is 10.4. The lowest BCUT2D eigenvalue weighted by molar-refractivity contribution is 0.0664. The highest BCUT2D eigenvalue weighted by Crippen LogP contribution is 2.37. The van der Waals surface area contributed by atoms with Gasteiger partial charge in [-0.15, -0.1) is 21.5 Å². The highest BCUT2D eigenvalue weighted by molar-refractivity contribution is 7.92. The normalized spacial score (nSPS) is 15.5. The highest BCUT2D eigenvalue weighted by Gasteiger charge is 2.36. The van der Waals surface area contributed by atoms with Crippen LogP contribution >= 0.6 is 11.3 Å². The molecule has 0 spiro atoms. The molecule has 16 heteroatoms. The quantitative estimate of drug-likeness (QED) is 0.230. The molecule has 2 aromatic heterocycles. The van der Waals surface area contributed by atoms with Crippen molar-refractivity contribution in [2.75, 3.05) is 52.7 Å². The van der Waals surface area contributed by atoms with Crippen LogP contribution in [0, 0.1) is 0 Å². The average Bonchev–Trinajstić information content (AvgIpc) is 3.61. The van der Waals surface area contributed by atoms with Crippen LogP contribution in [0.15, 0.2) is 46.9 Å². The number of amides is 1. The Labute approximate surface area is 248 Å². The van der Waals surface area contributed by atoms with Crippen molar-refractivity contribution in [1.82, 2.24) is 29.7 Å². The first-order valence-electron chi connectivity index (χ1n) is 13.0. The Morgan fingerprint density at radius 3 is 2.62 bits per heavy atom. The number of ether oxygens (including phenoxy) is 1. The maximum absolute atomic E-state index is 13.4. The minimum Gasteiger partial charge on any atom is -0.422 e. The molecule has 1 unspecified atom stereocenters. The number of hydrogen-bond donors (Lipinski definition) is 2. The van der Waals surface area contributed by atoms with E-state index in [0.29, 0.717) is 24.2 Å². The minimum atomic E-state index is -3.91. The predicted octanol–water partition coefficient (Wildman–Crippen LogP) is 1.50. The third kappa shape index (κ3) is 6.85. The first-order chi connectivity index (χ1) is 20.1. The number of methoxy groups -OCH3 is 1. The van der Waals surface area contributed by atoms with Gasteiger partial charge in [0.25, 0.3) is 5.91 Å². The number of thiol groups is 1. The number of carbonyl (C=O) groups excluding carboxylic acids is 1. The van der Waals surface area contributed by atoms with E-state index < -0.39 is 26.0 Å². The molecule has 1 amide bonds. The van der Waals surface area contributed by atoms with Gasteiger partial charge in [-0.1, -0.05) is 18.2 Å². The number of piperazine rings is 1. The van der Waals surface area contributed by atoms with Crippen molar-refractivity contribution < 1.29 is 30.8 Å². The van der Waals surface area contributed by atoms with Crippen LogP contribution in [-0.4, -0.2) is 100 Å². The lowest BCUT2D eigenvalue weighted by Gasteiger charge is -2.32. The molecule has 0 saturated carbocycles. The number of fused-ring (bicyclic) bond motifs is 1. The lowest BCUT2D eigenvalue weighted by atomic mass is 10.0. The van der Waals surface area contributed by atoms with Gasteiger partial charge in [-0.05, 0) is 42.4 Å². The Hall–Kier alpha value is -3.28. The van der Waals surface area contributed by atoms with E-state index in [1.54, 1.807) is 6.07 Å².